The second-order valence-corrected chi connectivity index (χ2v) is 18.9. The predicted molar refractivity (Wildman–Crippen MR) is 291 cm³/mol. The largest absolute Gasteiger partial charge is 0.502 e. The Balaban J connectivity index is 1.37. The highest BCUT2D eigenvalue weighted by Gasteiger charge is 2.24. The fourth-order valence-corrected chi connectivity index (χ4v) is 8.31. The summed E-state index contributed by atoms with van der Waals surface area (Å²) in [7, 11) is 5.66. The van der Waals surface area contributed by atoms with Crippen molar-refractivity contribution in [1.82, 2.24) is 54.7 Å². The van der Waals surface area contributed by atoms with Gasteiger partial charge in [-0.05, 0) is 91.8 Å². The number of aromatic hydroxyl groups is 4. The molecular formula is C50H61N13O12S2. The smallest absolute Gasteiger partial charge is 0.293 e. The van der Waals surface area contributed by atoms with Crippen molar-refractivity contribution in [3.63, 3.8) is 0 Å². The zero-order valence-corrected chi connectivity index (χ0v) is 44.3. The fourth-order valence-electron chi connectivity index (χ4n) is 7.71. The van der Waals surface area contributed by atoms with Gasteiger partial charge in [-0.15, -0.1) is 0 Å². The lowest BCUT2D eigenvalue weighted by molar-refractivity contribution is 0.0900. The molecule has 0 aliphatic carbocycles. The standard InChI is InChI=1S/C50H61N13O12S2/c1-58-20-12-34(38(64)46(58)72)42(68)52-17-24-62(25-18-53-43(69)35-13-21-59(2)47(73)39(35)65)27-28-63(26-19-54-44(70)36-14-22-60(3)48(74)40(36)66)29-32(56-45(71)37-15-23-61(4)49(75)41(37)67)7-5-6-16-55-50(76)57-31-8-10-33(11-9-31)77-30-51/h8-15,20-23,32,64-67H,5-7,16-19,24-29H2,1-4H3,(H,52,68)(H,53,69)(H,54,70)(H,56,71)(H2,55,57,76). The minimum absolute atomic E-state index is 0.0213. The zero-order valence-electron chi connectivity index (χ0n) is 42.7. The van der Waals surface area contributed by atoms with E-state index in [1.165, 1.54) is 77.2 Å². The van der Waals surface area contributed by atoms with Crippen LogP contribution in [0.3, 0.4) is 0 Å². The number of carbonyl (C=O) groups excluding carboxylic acids is 4. The third kappa shape index (κ3) is 16.8. The molecule has 0 saturated heterocycles. The number of anilines is 1. The van der Waals surface area contributed by atoms with Gasteiger partial charge in [0.05, 0.1) is 22.3 Å². The Morgan fingerprint density at radius 1 is 0.558 bits per heavy atom. The number of thiocyanates is 1. The van der Waals surface area contributed by atoms with Crippen LogP contribution in [0.4, 0.5) is 5.69 Å². The molecule has 0 aliphatic rings. The second kappa shape index (κ2) is 28.4. The molecule has 25 nitrogen and oxygen atoms in total. The SMILES string of the molecule is Cn1ccc(C(=O)NCCN(CCNC(=O)c2ccn(C)c(=O)c2O)CCN(CCNC(=O)c2ccn(C)c(=O)c2O)CC(CCCCNC(=S)Nc2ccc(SC#N)cc2)NC(=O)c2ccn(C)c(=O)c2O)c(O)c1=O. The van der Waals surface area contributed by atoms with E-state index in [-0.39, 0.29) is 81.2 Å². The molecule has 0 fully saturated rings. The third-order valence-corrected chi connectivity index (χ3v) is 13.0. The molecular weight excluding hydrogens is 1040 g/mol. The number of nitrogens with one attached hydrogen (secondary N) is 6. The molecule has 410 valence electrons. The zero-order chi connectivity index (χ0) is 56.3. The molecule has 4 heterocycles. The molecule has 4 amide bonds. The number of carbonyl (C=O) groups is 4. The number of benzene rings is 1. The molecule has 10 N–H and O–H groups in total. The predicted octanol–water partition coefficient (Wildman–Crippen LogP) is 0.0263. The van der Waals surface area contributed by atoms with E-state index in [4.69, 9.17) is 17.5 Å². The van der Waals surface area contributed by atoms with Crippen LogP contribution in [-0.2, 0) is 28.2 Å². The average molecular weight is 1100 g/mol. The number of nitrogens with zero attached hydrogens (tertiary/aromatic N) is 7. The summed E-state index contributed by atoms with van der Waals surface area (Å²) in [5.74, 6) is -5.91. The summed E-state index contributed by atoms with van der Waals surface area (Å²) in [5, 5.41) is 70.6. The molecule has 0 aliphatic heterocycles. The summed E-state index contributed by atoms with van der Waals surface area (Å²) < 4.78 is 4.45. The van der Waals surface area contributed by atoms with Crippen molar-refractivity contribution in [1.29, 1.82) is 5.26 Å². The van der Waals surface area contributed by atoms with Crippen molar-refractivity contribution in [2.45, 2.75) is 30.2 Å². The van der Waals surface area contributed by atoms with Crippen LogP contribution in [0, 0.1) is 10.7 Å². The molecule has 0 bridgehead atoms. The van der Waals surface area contributed by atoms with E-state index >= 15 is 0 Å². The Morgan fingerprint density at radius 3 is 1.36 bits per heavy atom. The first-order valence-corrected chi connectivity index (χ1v) is 25.3. The first kappa shape index (κ1) is 59.4. The highest BCUT2D eigenvalue weighted by Crippen LogP contribution is 2.19. The maximum absolute atomic E-state index is 13.9. The number of aryl methyl sites for hydroxylation is 4. The molecule has 0 spiro atoms. The molecule has 1 unspecified atom stereocenters. The number of nitriles is 1. The van der Waals surface area contributed by atoms with Crippen LogP contribution >= 0.6 is 24.0 Å². The summed E-state index contributed by atoms with van der Waals surface area (Å²) in [6.07, 6.45) is 6.78. The van der Waals surface area contributed by atoms with E-state index < -0.39 is 74.9 Å². The van der Waals surface area contributed by atoms with Crippen molar-refractivity contribution in [2.75, 3.05) is 70.8 Å². The van der Waals surface area contributed by atoms with Crippen LogP contribution in [0.15, 0.2) is 97.4 Å². The van der Waals surface area contributed by atoms with Gasteiger partial charge in [0.1, 0.15) is 5.40 Å². The van der Waals surface area contributed by atoms with Crippen LogP contribution in [-0.4, -0.2) is 149 Å². The van der Waals surface area contributed by atoms with E-state index in [9.17, 15) is 58.8 Å². The summed E-state index contributed by atoms with van der Waals surface area (Å²) in [5.41, 5.74) is -3.41. The van der Waals surface area contributed by atoms with E-state index in [0.717, 1.165) is 34.9 Å². The molecule has 5 aromatic rings. The fraction of sp³-hybridized carbons (Fsp3) is 0.360. The highest BCUT2D eigenvalue weighted by atomic mass is 32.2. The summed E-state index contributed by atoms with van der Waals surface area (Å²) in [6.45, 7) is 1.24. The Bertz CT molecular complexity index is 3160. The van der Waals surface area contributed by atoms with Gasteiger partial charge in [0.25, 0.3) is 45.9 Å². The molecule has 4 aromatic heterocycles. The minimum atomic E-state index is -0.788. The van der Waals surface area contributed by atoms with Gasteiger partial charge in [-0.3, -0.25) is 48.2 Å². The average Bonchev–Trinajstić information content (AvgIpc) is 3.40. The van der Waals surface area contributed by atoms with Crippen LogP contribution < -0.4 is 54.1 Å². The first-order valence-electron chi connectivity index (χ1n) is 24.1. The van der Waals surface area contributed by atoms with Gasteiger partial charge < -0.3 is 70.6 Å². The van der Waals surface area contributed by atoms with Crippen molar-refractivity contribution in [3.8, 4) is 28.4 Å². The van der Waals surface area contributed by atoms with Gasteiger partial charge in [-0.2, -0.15) is 5.26 Å². The van der Waals surface area contributed by atoms with Crippen LogP contribution in [0.1, 0.15) is 60.7 Å². The Morgan fingerprint density at radius 2 is 0.948 bits per heavy atom. The number of thiocarbonyl (C=S) groups is 1. The monoisotopic (exact) mass is 1100 g/mol. The van der Waals surface area contributed by atoms with Crippen LogP contribution in [0.2, 0.25) is 0 Å². The molecule has 77 heavy (non-hydrogen) atoms. The lowest BCUT2D eigenvalue weighted by Crippen LogP contribution is -2.49. The summed E-state index contributed by atoms with van der Waals surface area (Å²) in [4.78, 5) is 108. The van der Waals surface area contributed by atoms with Crippen molar-refractivity contribution in [3.05, 3.63) is 137 Å². The maximum Gasteiger partial charge on any atom is 0.293 e. The number of rotatable bonds is 26. The second-order valence-electron chi connectivity index (χ2n) is 17.7. The minimum Gasteiger partial charge on any atom is -0.502 e. The quantitative estimate of drug-likeness (QED) is 0.0151. The van der Waals surface area contributed by atoms with E-state index in [1.54, 1.807) is 24.3 Å². The lowest BCUT2D eigenvalue weighted by atomic mass is 10.1. The number of amides is 4. The molecule has 1 aromatic carbocycles. The summed E-state index contributed by atoms with van der Waals surface area (Å²) >= 11 is 6.52. The molecule has 27 heteroatoms. The van der Waals surface area contributed by atoms with Crippen LogP contribution in [0.25, 0.3) is 0 Å². The Hall–Kier alpha value is -8.45. The maximum atomic E-state index is 13.9. The molecule has 1 atom stereocenters. The number of aromatic nitrogens is 4. The number of hydrogen-bond acceptors (Lipinski definition) is 17. The number of thioether (sulfide) groups is 1. The lowest BCUT2D eigenvalue weighted by Gasteiger charge is -2.31. The Labute approximate surface area is 450 Å². The number of pyridine rings is 4. The van der Waals surface area contributed by atoms with Crippen molar-refractivity contribution >= 4 is 58.4 Å². The highest BCUT2D eigenvalue weighted by molar-refractivity contribution is 8.03. The van der Waals surface area contributed by atoms with Gasteiger partial charge in [0.15, 0.2) is 28.1 Å². The topological polar surface area (TPSA) is 340 Å². The molecule has 0 saturated carbocycles. The van der Waals surface area contributed by atoms with Gasteiger partial charge in [-0.1, -0.05) is 0 Å². The van der Waals surface area contributed by atoms with E-state index in [0.29, 0.717) is 36.6 Å². The third-order valence-electron chi connectivity index (χ3n) is 12.2. The number of hydrogen-bond donors (Lipinski definition) is 10. The van der Waals surface area contributed by atoms with Crippen molar-refractivity contribution < 1.29 is 39.6 Å². The van der Waals surface area contributed by atoms with Gasteiger partial charge in [0.2, 0.25) is 0 Å². The van der Waals surface area contributed by atoms with Crippen LogP contribution in [0.5, 0.6) is 23.0 Å². The number of unbranched alkanes of at least 4 members (excludes halogenated alkanes) is 1. The van der Waals surface area contributed by atoms with Gasteiger partial charge in [0, 0.05) is 135 Å². The summed E-state index contributed by atoms with van der Waals surface area (Å²) in [6, 6.07) is 11.7. The van der Waals surface area contributed by atoms with E-state index in [2.05, 4.69) is 31.9 Å². The van der Waals surface area contributed by atoms with Gasteiger partial charge in [-0.25, -0.2) is 0 Å². The first-order chi connectivity index (χ1) is 36.7. The normalized spacial score (nSPS) is 11.4. The van der Waals surface area contributed by atoms with Gasteiger partial charge >= 0.3 is 0 Å². The molecule has 5 rings (SSSR count). The Kier molecular flexibility index (Phi) is 22.0. The van der Waals surface area contributed by atoms with E-state index in [1.807, 2.05) is 15.2 Å². The molecule has 0 radical (unpaired) electrons. The van der Waals surface area contributed by atoms with Crippen molar-refractivity contribution in [2.24, 2.45) is 28.2 Å².